The molecule has 0 radical (unpaired) electrons. The zero-order chi connectivity index (χ0) is 19.4. The monoisotopic (exact) mass is 391 g/mol. The van der Waals surface area contributed by atoms with Gasteiger partial charge in [0.25, 0.3) is 11.5 Å². The molecule has 2 aromatic heterocycles. The lowest BCUT2D eigenvalue weighted by Gasteiger charge is -2.34. The minimum Gasteiger partial charge on any atom is -0.373 e. The number of carbonyl (C=O) groups excluding carboxylic acids is 1. The Bertz CT molecular complexity index is 840. The Morgan fingerprint density at radius 1 is 1.33 bits per heavy atom. The second-order valence-electron chi connectivity index (χ2n) is 6.83. The fraction of sp³-hybridized carbons (Fsp3) is 0.556. The molecule has 0 aliphatic carbocycles. The highest BCUT2D eigenvalue weighted by Gasteiger charge is 2.23. The van der Waals surface area contributed by atoms with Gasteiger partial charge in [-0.3, -0.25) is 19.8 Å². The fourth-order valence-corrected chi connectivity index (χ4v) is 3.88. The second-order valence-corrected chi connectivity index (χ2v) is 7.69. The summed E-state index contributed by atoms with van der Waals surface area (Å²) in [4.78, 5) is 31.0. The molecule has 3 heterocycles. The Labute approximate surface area is 162 Å². The molecule has 3 rings (SSSR count). The minimum absolute atomic E-state index is 0.204. The van der Waals surface area contributed by atoms with Crippen LogP contribution in [0.3, 0.4) is 0 Å². The van der Waals surface area contributed by atoms with Gasteiger partial charge in [-0.25, -0.2) is 9.67 Å². The number of ether oxygens (including phenoxy) is 1. The van der Waals surface area contributed by atoms with Gasteiger partial charge in [0.1, 0.15) is 5.69 Å². The highest BCUT2D eigenvalue weighted by atomic mass is 32.1. The van der Waals surface area contributed by atoms with Gasteiger partial charge in [-0.1, -0.05) is 6.92 Å². The zero-order valence-corrected chi connectivity index (χ0v) is 16.7. The molecule has 1 aliphatic heterocycles. The average molecular weight is 391 g/mol. The molecule has 1 amide bonds. The van der Waals surface area contributed by atoms with E-state index in [0.29, 0.717) is 11.7 Å². The third kappa shape index (κ3) is 5.21. The number of rotatable bonds is 6. The molecular formula is C18H25N5O3S. The smallest absolute Gasteiger partial charge is 0.277 e. The Kier molecular flexibility index (Phi) is 6.35. The van der Waals surface area contributed by atoms with Crippen LogP contribution < -0.4 is 10.9 Å². The molecule has 0 spiro atoms. The number of carbonyl (C=O) groups is 1. The lowest BCUT2D eigenvalue weighted by atomic mass is 10.2. The molecule has 1 aliphatic rings. The number of morpholine rings is 1. The van der Waals surface area contributed by atoms with Crippen LogP contribution in [0.25, 0.3) is 0 Å². The van der Waals surface area contributed by atoms with E-state index in [1.165, 1.54) is 28.2 Å². The maximum Gasteiger partial charge on any atom is 0.277 e. The molecule has 9 heteroatoms. The quantitative estimate of drug-likeness (QED) is 0.810. The van der Waals surface area contributed by atoms with Crippen molar-refractivity contribution in [2.45, 2.75) is 52.5 Å². The number of hydrogen-bond acceptors (Lipinski definition) is 7. The summed E-state index contributed by atoms with van der Waals surface area (Å²) in [5.41, 5.74) is 0.912. The predicted molar refractivity (Wildman–Crippen MR) is 104 cm³/mol. The molecule has 27 heavy (non-hydrogen) atoms. The highest BCUT2D eigenvalue weighted by Crippen LogP contribution is 2.19. The molecule has 2 atom stereocenters. The van der Waals surface area contributed by atoms with Crippen LogP contribution >= 0.6 is 11.3 Å². The maximum atomic E-state index is 12.4. The first-order valence-corrected chi connectivity index (χ1v) is 10.0. The molecule has 1 saturated heterocycles. The molecule has 1 N–H and O–H groups in total. The van der Waals surface area contributed by atoms with Crippen LogP contribution in [-0.4, -0.2) is 50.9 Å². The van der Waals surface area contributed by atoms with Crippen LogP contribution in [0.15, 0.2) is 22.3 Å². The molecule has 0 saturated carbocycles. The van der Waals surface area contributed by atoms with Gasteiger partial charge < -0.3 is 4.74 Å². The van der Waals surface area contributed by atoms with E-state index in [2.05, 4.69) is 34.1 Å². The van der Waals surface area contributed by atoms with Gasteiger partial charge in [0.2, 0.25) is 0 Å². The molecule has 8 nitrogen and oxygen atoms in total. The van der Waals surface area contributed by atoms with Crippen LogP contribution in [0.4, 0.5) is 5.13 Å². The number of nitrogens with one attached hydrogen (secondary N) is 1. The third-order valence-electron chi connectivity index (χ3n) is 4.19. The first-order valence-electron chi connectivity index (χ1n) is 9.16. The lowest BCUT2D eigenvalue weighted by Crippen LogP contribution is -2.44. The van der Waals surface area contributed by atoms with Crippen molar-refractivity contribution in [3.05, 3.63) is 39.3 Å². The SMILES string of the molecule is CCCn1nc(C(=O)Nc2nc(CN3CC(C)OC(C)C3)cs2)ccc1=O. The van der Waals surface area contributed by atoms with Crippen molar-refractivity contribution in [3.63, 3.8) is 0 Å². The van der Waals surface area contributed by atoms with Gasteiger partial charge in [0, 0.05) is 37.6 Å². The maximum absolute atomic E-state index is 12.4. The van der Waals surface area contributed by atoms with E-state index in [9.17, 15) is 9.59 Å². The summed E-state index contributed by atoms with van der Waals surface area (Å²) in [5, 5.41) is 9.37. The summed E-state index contributed by atoms with van der Waals surface area (Å²) in [6, 6.07) is 2.81. The van der Waals surface area contributed by atoms with E-state index in [4.69, 9.17) is 4.74 Å². The summed E-state index contributed by atoms with van der Waals surface area (Å²) in [7, 11) is 0. The van der Waals surface area contributed by atoms with E-state index in [-0.39, 0.29) is 29.4 Å². The van der Waals surface area contributed by atoms with Gasteiger partial charge in [0.05, 0.1) is 17.9 Å². The molecule has 0 aromatic carbocycles. The van der Waals surface area contributed by atoms with Crippen molar-refractivity contribution in [2.75, 3.05) is 18.4 Å². The van der Waals surface area contributed by atoms with Gasteiger partial charge in [0.15, 0.2) is 5.13 Å². The number of nitrogens with zero attached hydrogens (tertiary/aromatic N) is 4. The number of aromatic nitrogens is 3. The van der Waals surface area contributed by atoms with Gasteiger partial charge in [-0.2, -0.15) is 5.10 Å². The average Bonchev–Trinajstić information content (AvgIpc) is 3.02. The topological polar surface area (TPSA) is 89.3 Å². The summed E-state index contributed by atoms with van der Waals surface area (Å²) < 4.78 is 7.06. The first-order chi connectivity index (χ1) is 12.9. The van der Waals surface area contributed by atoms with E-state index >= 15 is 0 Å². The van der Waals surface area contributed by atoms with E-state index in [0.717, 1.165) is 31.7 Å². The summed E-state index contributed by atoms with van der Waals surface area (Å²) in [5.74, 6) is -0.366. The standard InChI is InChI=1S/C18H25N5O3S/c1-4-7-23-16(24)6-5-15(21-23)17(25)20-18-19-14(11-27-18)10-22-8-12(2)26-13(3)9-22/h5-6,11-13H,4,7-10H2,1-3H3,(H,19,20,25). The lowest BCUT2D eigenvalue weighted by molar-refractivity contribution is -0.0707. The van der Waals surface area contributed by atoms with Gasteiger partial charge >= 0.3 is 0 Å². The molecule has 2 aromatic rings. The van der Waals surface area contributed by atoms with Crippen LogP contribution in [0.1, 0.15) is 43.4 Å². The van der Waals surface area contributed by atoms with Crippen LogP contribution in [0.2, 0.25) is 0 Å². The highest BCUT2D eigenvalue weighted by molar-refractivity contribution is 7.13. The molecule has 1 fully saturated rings. The Morgan fingerprint density at radius 3 is 2.78 bits per heavy atom. The Balaban J connectivity index is 1.62. The van der Waals surface area contributed by atoms with Gasteiger partial charge in [-0.05, 0) is 26.3 Å². The van der Waals surface area contributed by atoms with Crippen LogP contribution in [0, 0.1) is 0 Å². The van der Waals surface area contributed by atoms with E-state index in [1.807, 2.05) is 12.3 Å². The van der Waals surface area contributed by atoms with Crippen molar-refractivity contribution in [2.24, 2.45) is 0 Å². The second kappa shape index (κ2) is 8.73. The number of thiazole rings is 1. The number of hydrogen-bond donors (Lipinski definition) is 1. The van der Waals surface area contributed by atoms with Crippen molar-refractivity contribution in [1.29, 1.82) is 0 Å². The summed E-state index contributed by atoms with van der Waals surface area (Å²) in [6.07, 6.45) is 1.18. The number of amides is 1. The fourth-order valence-electron chi connectivity index (χ4n) is 3.18. The summed E-state index contributed by atoms with van der Waals surface area (Å²) in [6.45, 7) is 9.04. The van der Waals surface area contributed by atoms with Crippen LogP contribution in [-0.2, 0) is 17.8 Å². The molecule has 0 bridgehead atoms. The van der Waals surface area contributed by atoms with E-state index in [1.54, 1.807) is 0 Å². The summed E-state index contributed by atoms with van der Waals surface area (Å²) >= 11 is 1.38. The van der Waals surface area contributed by atoms with Crippen molar-refractivity contribution in [1.82, 2.24) is 19.7 Å². The van der Waals surface area contributed by atoms with Gasteiger partial charge in [-0.15, -0.1) is 11.3 Å². The van der Waals surface area contributed by atoms with Crippen molar-refractivity contribution >= 4 is 22.4 Å². The Morgan fingerprint density at radius 2 is 2.07 bits per heavy atom. The molecule has 2 unspecified atom stereocenters. The third-order valence-corrected chi connectivity index (χ3v) is 4.99. The van der Waals surface area contributed by atoms with E-state index < -0.39 is 0 Å². The molecule has 146 valence electrons. The normalized spacial score (nSPS) is 20.6. The van der Waals surface area contributed by atoms with Crippen molar-refractivity contribution < 1.29 is 9.53 Å². The number of aryl methyl sites for hydroxylation is 1. The minimum atomic E-state index is -0.366. The predicted octanol–water partition coefficient (Wildman–Crippen LogP) is 1.97. The first kappa shape index (κ1) is 19.7. The Hall–Kier alpha value is -2.10. The largest absolute Gasteiger partial charge is 0.373 e. The van der Waals surface area contributed by atoms with Crippen LogP contribution in [0.5, 0.6) is 0 Å². The number of anilines is 1. The molecular weight excluding hydrogens is 366 g/mol. The zero-order valence-electron chi connectivity index (χ0n) is 15.8. The van der Waals surface area contributed by atoms with Crippen molar-refractivity contribution in [3.8, 4) is 0 Å².